The van der Waals surface area contributed by atoms with Gasteiger partial charge in [0.25, 0.3) is 5.56 Å². The molecule has 0 radical (unpaired) electrons. The van der Waals surface area contributed by atoms with Crippen LogP contribution in [0.2, 0.25) is 0 Å². The zero-order valence-electron chi connectivity index (χ0n) is 15.7. The number of phosphoric acid groups is 3. The molecule has 31 heavy (non-hydrogen) atoms. The van der Waals surface area contributed by atoms with E-state index in [1.165, 1.54) is 10.9 Å². The summed E-state index contributed by atoms with van der Waals surface area (Å²) in [5.41, 5.74) is 5.17. The van der Waals surface area contributed by atoms with Gasteiger partial charge in [0.15, 0.2) is 11.2 Å². The van der Waals surface area contributed by atoms with E-state index in [0.29, 0.717) is 12.8 Å². The first kappa shape index (κ1) is 26.8. The van der Waals surface area contributed by atoms with Gasteiger partial charge in [0.05, 0.1) is 19.0 Å². The number of H-pyrrole nitrogens is 1. The van der Waals surface area contributed by atoms with Gasteiger partial charge in [0.2, 0.25) is 5.95 Å². The van der Waals surface area contributed by atoms with Crippen LogP contribution in [-0.4, -0.2) is 51.8 Å². The van der Waals surface area contributed by atoms with Crippen molar-refractivity contribution in [1.29, 1.82) is 0 Å². The standard InChI is InChI=1S/C10H16N5O12P3.Na/c11-10-13-8-7(9(16)14-10)12-4-15(8)6-2-1-5(25-6)3-24-29(20,21)27-30(22,23)26-28(17,18)19;/h4-6H,1-3H2,(H,20,21)(H,22,23)(H2,17,18,19)(H3,11,13,14,16);/q;+1/t5-,6+;/m0./s1. The monoisotopic (exact) mass is 514 g/mol. The van der Waals surface area contributed by atoms with E-state index in [2.05, 4.69) is 28.1 Å². The van der Waals surface area contributed by atoms with Gasteiger partial charge < -0.3 is 30.0 Å². The van der Waals surface area contributed by atoms with E-state index in [1.807, 2.05) is 0 Å². The molecule has 7 N–H and O–H groups in total. The van der Waals surface area contributed by atoms with Crippen LogP contribution in [0, 0.1) is 0 Å². The van der Waals surface area contributed by atoms with Gasteiger partial charge in [-0.1, -0.05) is 0 Å². The third-order valence-corrected chi connectivity index (χ3v) is 7.49. The van der Waals surface area contributed by atoms with Gasteiger partial charge in [-0.3, -0.25) is 18.9 Å². The second kappa shape index (κ2) is 9.79. The van der Waals surface area contributed by atoms with Gasteiger partial charge in [0, 0.05) is 0 Å². The van der Waals surface area contributed by atoms with Crippen molar-refractivity contribution in [2.24, 2.45) is 0 Å². The number of hydrogen-bond donors (Lipinski definition) is 6. The van der Waals surface area contributed by atoms with Gasteiger partial charge in [-0.2, -0.15) is 13.6 Å². The van der Waals surface area contributed by atoms with Crippen molar-refractivity contribution in [2.75, 3.05) is 12.3 Å². The van der Waals surface area contributed by atoms with Crippen molar-refractivity contribution in [1.82, 2.24) is 19.5 Å². The Bertz CT molecular complexity index is 1150. The van der Waals surface area contributed by atoms with E-state index < -0.39 is 48.0 Å². The molecule has 0 amide bonds. The molecule has 1 saturated heterocycles. The number of aromatic nitrogens is 4. The topological polar surface area (TPSA) is 259 Å². The van der Waals surface area contributed by atoms with Crippen LogP contribution >= 0.6 is 23.5 Å². The average Bonchev–Trinajstić information content (AvgIpc) is 3.15. The van der Waals surface area contributed by atoms with Gasteiger partial charge >= 0.3 is 53.0 Å². The third kappa shape index (κ3) is 7.25. The summed E-state index contributed by atoms with van der Waals surface area (Å²) in [4.78, 5) is 57.6. The number of fused-ring (bicyclic) bond motifs is 1. The zero-order valence-corrected chi connectivity index (χ0v) is 20.4. The zero-order chi connectivity index (χ0) is 22.3. The van der Waals surface area contributed by atoms with E-state index >= 15 is 0 Å². The Kier molecular flexibility index (Phi) is 8.46. The fourth-order valence-corrected chi connectivity index (χ4v) is 5.70. The molecule has 1 fully saturated rings. The van der Waals surface area contributed by atoms with Crippen LogP contribution in [0.1, 0.15) is 19.1 Å². The fourth-order valence-electron chi connectivity index (χ4n) is 2.65. The van der Waals surface area contributed by atoms with Crippen molar-refractivity contribution in [2.45, 2.75) is 25.2 Å². The van der Waals surface area contributed by atoms with Gasteiger partial charge in [-0.15, -0.1) is 0 Å². The quantitative estimate of drug-likeness (QED) is 0.149. The normalized spacial score (nSPS) is 23.2. The summed E-state index contributed by atoms with van der Waals surface area (Å²) in [5, 5.41) is 0. The van der Waals surface area contributed by atoms with E-state index in [9.17, 15) is 23.4 Å². The first-order chi connectivity index (χ1) is 13.7. The van der Waals surface area contributed by atoms with E-state index in [4.69, 9.17) is 25.2 Å². The summed E-state index contributed by atoms with van der Waals surface area (Å²) >= 11 is 0. The number of hydrogen-bond acceptors (Lipinski definition) is 11. The largest absolute Gasteiger partial charge is 1.00 e. The molecular formula is C10H16N5NaO12P3+. The maximum absolute atomic E-state index is 11.8. The molecule has 0 bridgehead atoms. The van der Waals surface area contributed by atoms with Crippen molar-refractivity contribution in [3.8, 4) is 0 Å². The predicted molar refractivity (Wildman–Crippen MR) is 95.5 cm³/mol. The predicted octanol–water partition coefficient (Wildman–Crippen LogP) is -3.27. The van der Waals surface area contributed by atoms with Crippen LogP contribution in [0.25, 0.3) is 11.2 Å². The summed E-state index contributed by atoms with van der Waals surface area (Å²) in [6, 6.07) is 0. The Morgan fingerprint density at radius 2 is 1.87 bits per heavy atom. The molecule has 17 nitrogen and oxygen atoms in total. The number of nitrogens with two attached hydrogens (primary N) is 1. The SMILES string of the molecule is Nc1nc2c(ncn2[C@H]2CC[C@@H](COP(=O)(O)OP(=O)(O)OP(=O)(O)O)O2)c(=O)[nH]1.[Na+]. The van der Waals surface area contributed by atoms with Crippen LogP contribution in [0.3, 0.4) is 0 Å². The molecule has 2 aromatic rings. The average molecular weight is 514 g/mol. The molecule has 2 aromatic heterocycles. The summed E-state index contributed by atoms with van der Waals surface area (Å²) in [6.07, 6.45) is 0.528. The van der Waals surface area contributed by atoms with Gasteiger partial charge in [-0.25, -0.2) is 18.7 Å². The molecule has 1 aliphatic heterocycles. The first-order valence-corrected chi connectivity index (χ1v) is 12.4. The smallest absolute Gasteiger partial charge is 0.369 e. The van der Waals surface area contributed by atoms with Gasteiger partial charge in [-0.05, 0) is 12.8 Å². The Hall–Kier alpha value is -0.480. The minimum atomic E-state index is -5.59. The Morgan fingerprint density at radius 3 is 2.52 bits per heavy atom. The van der Waals surface area contributed by atoms with Crippen molar-refractivity contribution >= 4 is 40.6 Å². The maximum Gasteiger partial charge on any atom is 1.00 e. The van der Waals surface area contributed by atoms with Crippen LogP contribution in [0.15, 0.2) is 11.1 Å². The molecular weight excluding hydrogens is 498 g/mol. The summed E-state index contributed by atoms with van der Waals surface area (Å²) in [5.74, 6) is -0.128. The van der Waals surface area contributed by atoms with Crippen molar-refractivity contribution in [3.63, 3.8) is 0 Å². The summed E-state index contributed by atoms with van der Waals surface area (Å²) in [6.45, 7) is -0.580. The third-order valence-electron chi connectivity index (χ3n) is 3.69. The van der Waals surface area contributed by atoms with Crippen LogP contribution < -0.4 is 40.9 Å². The Labute approximate surface area is 194 Å². The first-order valence-electron chi connectivity index (χ1n) is 7.91. The van der Waals surface area contributed by atoms with E-state index in [1.54, 1.807) is 0 Å². The van der Waals surface area contributed by atoms with Crippen LogP contribution in [0.5, 0.6) is 0 Å². The molecule has 2 unspecified atom stereocenters. The molecule has 168 valence electrons. The second-order valence-electron chi connectivity index (χ2n) is 5.95. The molecule has 21 heteroatoms. The van der Waals surface area contributed by atoms with Crippen LogP contribution in [0.4, 0.5) is 5.95 Å². The Morgan fingerprint density at radius 1 is 1.19 bits per heavy atom. The number of phosphoric ester groups is 1. The number of ether oxygens (including phenoxy) is 1. The van der Waals surface area contributed by atoms with E-state index in [-0.39, 0.29) is 46.7 Å². The summed E-state index contributed by atoms with van der Waals surface area (Å²) < 4.78 is 52.5. The van der Waals surface area contributed by atoms with Gasteiger partial charge in [0.1, 0.15) is 6.23 Å². The van der Waals surface area contributed by atoms with Crippen molar-refractivity contribution < 1.29 is 80.7 Å². The van der Waals surface area contributed by atoms with Crippen molar-refractivity contribution in [3.05, 3.63) is 16.7 Å². The molecule has 0 aliphatic carbocycles. The summed E-state index contributed by atoms with van der Waals surface area (Å²) in [7, 11) is -16.3. The maximum atomic E-state index is 11.8. The number of nitrogens with zero attached hydrogens (tertiary/aromatic N) is 3. The van der Waals surface area contributed by atoms with Crippen LogP contribution in [-0.2, 0) is 31.6 Å². The number of nitrogens with one attached hydrogen (secondary N) is 1. The number of rotatable bonds is 8. The van der Waals surface area contributed by atoms with E-state index in [0.717, 1.165) is 0 Å². The fraction of sp³-hybridized carbons (Fsp3) is 0.500. The number of nitrogen functional groups attached to an aromatic ring is 1. The molecule has 1 aliphatic rings. The number of aromatic amines is 1. The number of anilines is 1. The molecule has 0 aromatic carbocycles. The molecule has 0 spiro atoms. The molecule has 4 atom stereocenters. The molecule has 0 saturated carbocycles. The Balaban J connectivity index is 0.00000341. The minimum Gasteiger partial charge on any atom is -0.369 e. The molecule has 3 heterocycles. The number of imidazole rings is 1. The second-order valence-corrected chi connectivity index (χ2v) is 10.4. The molecule has 3 rings (SSSR count). The minimum absolute atomic E-state index is 0.